The average Bonchev–Trinajstić information content (AvgIpc) is 2.78. The van der Waals surface area contributed by atoms with Gasteiger partial charge in [0.1, 0.15) is 17.1 Å². The summed E-state index contributed by atoms with van der Waals surface area (Å²) in [6, 6.07) is 1.30. The first kappa shape index (κ1) is 14.4. The molecule has 1 fully saturated rings. The molecule has 1 saturated heterocycles. The third-order valence-corrected chi connectivity index (χ3v) is 3.40. The van der Waals surface area contributed by atoms with Gasteiger partial charge in [-0.15, -0.1) is 0 Å². The van der Waals surface area contributed by atoms with Crippen LogP contribution >= 0.6 is 0 Å². The van der Waals surface area contributed by atoms with Gasteiger partial charge in [0.15, 0.2) is 0 Å². The number of nitrogens with zero attached hydrogens (tertiary/aromatic N) is 2. The molecule has 2 N–H and O–H groups in total. The molecule has 0 spiro atoms. The Balaban J connectivity index is 1.87. The van der Waals surface area contributed by atoms with Crippen molar-refractivity contribution < 1.29 is 19.1 Å². The number of furan rings is 1. The molecule has 0 aliphatic carbocycles. The number of hydrogen-bond donors (Lipinski definition) is 2. The van der Waals surface area contributed by atoms with E-state index in [-0.39, 0.29) is 18.1 Å². The van der Waals surface area contributed by atoms with Crippen molar-refractivity contribution in [3.63, 3.8) is 0 Å². The van der Waals surface area contributed by atoms with E-state index in [4.69, 9.17) is 9.52 Å². The number of rotatable bonds is 3. The summed E-state index contributed by atoms with van der Waals surface area (Å²) < 4.78 is 5.31. The van der Waals surface area contributed by atoms with Crippen LogP contribution in [0.2, 0.25) is 0 Å². The molecule has 1 aliphatic rings. The Morgan fingerprint density at radius 2 is 2.00 bits per heavy atom. The number of nitrogens with one attached hydrogen (secondary N) is 1. The molecule has 0 unspecified atom stereocenters. The molecule has 0 aromatic carbocycles. The second kappa shape index (κ2) is 5.96. The van der Waals surface area contributed by atoms with E-state index in [1.807, 2.05) is 7.05 Å². The van der Waals surface area contributed by atoms with E-state index in [1.54, 1.807) is 11.8 Å². The fourth-order valence-corrected chi connectivity index (χ4v) is 2.13. The third kappa shape index (κ3) is 3.30. The summed E-state index contributed by atoms with van der Waals surface area (Å²) in [6.07, 6.45) is 0. The Morgan fingerprint density at radius 3 is 2.55 bits per heavy atom. The normalized spacial score (nSPS) is 16.2. The number of carbonyl (C=O) groups is 2. The summed E-state index contributed by atoms with van der Waals surface area (Å²) in [7, 11) is 2.02. The quantitative estimate of drug-likeness (QED) is 0.853. The van der Waals surface area contributed by atoms with Crippen molar-refractivity contribution in [2.45, 2.75) is 13.5 Å². The van der Waals surface area contributed by atoms with Gasteiger partial charge in [-0.25, -0.2) is 9.59 Å². The lowest BCUT2D eigenvalue weighted by atomic mass is 10.2. The Kier molecular flexibility index (Phi) is 4.29. The van der Waals surface area contributed by atoms with Gasteiger partial charge >= 0.3 is 12.0 Å². The molecule has 2 amide bonds. The number of piperazine rings is 1. The summed E-state index contributed by atoms with van der Waals surface area (Å²) in [4.78, 5) is 26.7. The van der Waals surface area contributed by atoms with Gasteiger partial charge in [-0.05, 0) is 20.0 Å². The number of urea groups is 1. The third-order valence-electron chi connectivity index (χ3n) is 3.40. The van der Waals surface area contributed by atoms with Crippen LogP contribution in [0.1, 0.15) is 21.9 Å². The lowest BCUT2D eigenvalue weighted by Crippen LogP contribution is -2.50. The summed E-state index contributed by atoms with van der Waals surface area (Å²) >= 11 is 0. The van der Waals surface area contributed by atoms with Crippen molar-refractivity contribution in [3.8, 4) is 0 Å². The maximum Gasteiger partial charge on any atom is 0.339 e. The Labute approximate surface area is 117 Å². The molecule has 110 valence electrons. The molecule has 1 aliphatic heterocycles. The monoisotopic (exact) mass is 281 g/mol. The van der Waals surface area contributed by atoms with Crippen molar-refractivity contribution in [1.82, 2.24) is 15.1 Å². The largest absolute Gasteiger partial charge is 0.478 e. The standard InChI is InChI=1S/C13H19N3O4/c1-9-11(12(17)18)7-10(20-9)8-14-13(19)16-5-3-15(2)4-6-16/h7H,3-6,8H2,1-2H3,(H,14,19)(H,17,18). The maximum atomic E-state index is 11.9. The first-order chi connectivity index (χ1) is 9.47. The van der Waals surface area contributed by atoms with Gasteiger partial charge in [-0.2, -0.15) is 0 Å². The molecule has 0 atom stereocenters. The van der Waals surface area contributed by atoms with Gasteiger partial charge in [0, 0.05) is 26.2 Å². The van der Waals surface area contributed by atoms with Gasteiger partial charge in [0.2, 0.25) is 0 Å². The van der Waals surface area contributed by atoms with E-state index < -0.39 is 5.97 Å². The lowest BCUT2D eigenvalue weighted by molar-refractivity contribution is 0.0695. The first-order valence-electron chi connectivity index (χ1n) is 6.51. The minimum atomic E-state index is -1.03. The molecule has 1 aromatic rings. The topological polar surface area (TPSA) is 86.0 Å². The van der Waals surface area contributed by atoms with Crippen LogP contribution in [0.25, 0.3) is 0 Å². The van der Waals surface area contributed by atoms with E-state index in [0.29, 0.717) is 24.6 Å². The van der Waals surface area contributed by atoms with Crippen LogP contribution in [-0.4, -0.2) is 60.1 Å². The van der Waals surface area contributed by atoms with Crippen molar-refractivity contribution in [2.24, 2.45) is 0 Å². The van der Waals surface area contributed by atoms with Crippen LogP contribution in [0.3, 0.4) is 0 Å². The van der Waals surface area contributed by atoms with Crippen LogP contribution < -0.4 is 5.32 Å². The number of hydrogen-bond acceptors (Lipinski definition) is 4. The van der Waals surface area contributed by atoms with Crippen LogP contribution in [0.15, 0.2) is 10.5 Å². The van der Waals surface area contributed by atoms with Crippen molar-refractivity contribution >= 4 is 12.0 Å². The number of likely N-dealkylation sites (N-methyl/N-ethyl adjacent to an activating group) is 1. The van der Waals surface area contributed by atoms with Crippen molar-refractivity contribution in [2.75, 3.05) is 33.2 Å². The SMILES string of the molecule is Cc1oc(CNC(=O)N2CCN(C)CC2)cc1C(=O)O. The first-order valence-corrected chi connectivity index (χ1v) is 6.51. The highest BCUT2D eigenvalue weighted by Crippen LogP contribution is 2.14. The van der Waals surface area contributed by atoms with Crippen LogP contribution in [0, 0.1) is 6.92 Å². The highest BCUT2D eigenvalue weighted by Gasteiger charge is 2.19. The highest BCUT2D eigenvalue weighted by molar-refractivity contribution is 5.88. The molecule has 7 nitrogen and oxygen atoms in total. The van der Waals surface area contributed by atoms with Gasteiger partial charge in [-0.1, -0.05) is 0 Å². The summed E-state index contributed by atoms with van der Waals surface area (Å²) in [5.41, 5.74) is 0.133. The number of aromatic carboxylic acids is 1. The Hall–Kier alpha value is -2.02. The predicted molar refractivity (Wildman–Crippen MR) is 71.7 cm³/mol. The average molecular weight is 281 g/mol. The molecule has 0 bridgehead atoms. The zero-order chi connectivity index (χ0) is 14.7. The summed E-state index contributed by atoms with van der Waals surface area (Å²) in [5, 5.41) is 11.7. The molecule has 7 heteroatoms. The smallest absolute Gasteiger partial charge is 0.339 e. The number of carbonyl (C=O) groups excluding carboxylic acids is 1. The van der Waals surface area contributed by atoms with E-state index in [9.17, 15) is 9.59 Å². The summed E-state index contributed by atoms with van der Waals surface area (Å²) in [6.45, 7) is 4.89. The van der Waals surface area contributed by atoms with E-state index in [1.165, 1.54) is 6.07 Å². The molecular weight excluding hydrogens is 262 g/mol. The Morgan fingerprint density at radius 1 is 1.35 bits per heavy atom. The van der Waals surface area contributed by atoms with Gasteiger partial charge < -0.3 is 24.6 Å². The predicted octanol–water partition coefficient (Wildman–Crippen LogP) is 0.743. The number of carboxylic acids is 1. The molecule has 2 heterocycles. The number of amides is 2. The second-order valence-electron chi connectivity index (χ2n) is 4.94. The van der Waals surface area contributed by atoms with Crippen LogP contribution in [-0.2, 0) is 6.54 Å². The van der Waals surface area contributed by atoms with Gasteiger partial charge in [-0.3, -0.25) is 0 Å². The molecule has 1 aromatic heterocycles. The van der Waals surface area contributed by atoms with E-state index >= 15 is 0 Å². The lowest BCUT2D eigenvalue weighted by Gasteiger charge is -2.32. The molecule has 0 saturated carbocycles. The molecule has 2 rings (SSSR count). The van der Waals surface area contributed by atoms with Crippen molar-refractivity contribution in [1.29, 1.82) is 0 Å². The maximum absolute atomic E-state index is 11.9. The van der Waals surface area contributed by atoms with E-state index in [2.05, 4.69) is 10.2 Å². The van der Waals surface area contributed by atoms with E-state index in [0.717, 1.165) is 13.1 Å². The minimum absolute atomic E-state index is 0.133. The van der Waals surface area contributed by atoms with Crippen LogP contribution in [0.5, 0.6) is 0 Å². The molecule has 0 radical (unpaired) electrons. The summed E-state index contributed by atoms with van der Waals surface area (Å²) in [5.74, 6) is -0.230. The van der Waals surface area contributed by atoms with Gasteiger partial charge in [0.05, 0.1) is 6.54 Å². The zero-order valence-electron chi connectivity index (χ0n) is 11.7. The zero-order valence-corrected chi connectivity index (χ0v) is 11.7. The van der Waals surface area contributed by atoms with Gasteiger partial charge in [0.25, 0.3) is 0 Å². The fraction of sp³-hybridized carbons (Fsp3) is 0.538. The number of carboxylic acid groups (broad SMARTS) is 1. The fourth-order valence-electron chi connectivity index (χ4n) is 2.13. The minimum Gasteiger partial charge on any atom is -0.478 e. The van der Waals surface area contributed by atoms with Crippen LogP contribution in [0.4, 0.5) is 4.79 Å². The Bertz CT molecular complexity index is 504. The molecule has 20 heavy (non-hydrogen) atoms. The highest BCUT2D eigenvalue weighted by atomic mass is 16.4. The number of aryl methyl sites for hydroxylation is 1. The molecular formula is C13H19N3O4. The second-order valence-corrected chi connectivity index (χ2v) is 4.94. The van der Waals surface area contributed by atoms with Crippen molar-refractivity contribution in [3.05, 3.63) is 23.2 Å².